The maximum Gasteiger partial charge on any atom is 0.324 e. The Morgan fingerprint density at radius 1 is 0.946 bits per heavy atom. The quantitative estimate of drug-likeness (QED) is 0.388. The van der Waals surface area contributed by atoms with E-state index in [4.69, 9.17) is 9.63 Å². The van der Waals surface area contributed by atoms with Crippen molar-refractivity contribution in [2.45, 2.75) is 13.0 Å². The Hall–Kier alpha value is -3.96. The smallest absolute Gasteiger partial charge is 0.324 e. The van der Waals surface area contributed by atoms with Crippen molar-refractivity contribution in [3.63, 3.8) is 0 Å². The summed E-state index contributed by atoms with van der Waals surface area (Å²) in [4.78, 5) is 21.3. The number of hydrogen-bond donors (Lipinski definition) is 1. The molecule has 0 saturated carbocycles. The van der Waals surface area contributed by atoms with Crippen molar-refractivity contribution in [1.29, 1.82) is 0 Å². The van der Waals surface area contributed by atoms with Crippen LogP contribution in [0, 0.1) is 11.6 Å². The number of aromatic nitrogens is 4. The monoisotopic (exact) mass is 508 g/mol. The summed E-state index contributed by atoms with van der Waals surface area (Å²) in [7, 11) is 0. The number of halogens is 2. The first kappa shape index (κ1) is 24.7. The first-order valence-corrected chi connectivity index (χ1v) is 12.0. The highest BCUT2D eigenvalue weighted by molar-refractivity contribution is 5.59. The van der Waals surface area contributed by atoms with E-state index >= 15 is 0 Å². The van der Waals surface area contributed by atoms with Crippen LogP contribution in [-0.2, 0) is 6.54 Å². The van der Waals surface area contributed by atoms with E-state index in [1.54, 1.807) is 0 Å². The molecular weight excluding hydrogens is 482 g/mol. The number of rotatable bonds is 8. The van der Waals surface area contributed by atoms with Gasteiger partial charge in [0.2, 0.25) is 5.82 Å². The summed E-state index contributed by atoms with van der Waals surface area (Å²) in [6.07, 6.45) is 0.760. The summed E-state index contributed by atoms with van der Waals surface area (Å²) in [6.45, 7) is 4.44. The molecule has 5 rings (SSSR count). The SMILES string of the molecule is O=c1ccc(-c2cc(F)cc(F)c2)nn1Cc1cccc(-c2noc(N3CCN(CCCO)CC3)n2)c1. The van der Waals surface area contributed by atoms with E-state index in [9.17, 15) is 13.6 Å². The van der Waals surface area contributed by atoms with Crippen LogP contribution in [0.2, 0.25) is 0 Å². The van der Waals surface area contributed by atoms with Gasteiger partial charge in [0.1, 0.15) is 11.6 Å². The molecule has 3 heterocycles. The number of aliphatic hydroxyl groups is 1. The third-order valence-electron chi connectivity index (χ3n) is 6.23. The molecule has 9 nitrogen and oxygen atoms in total. The molecule has 0 bridgehead atoms. The van der Waals surface area contributed by atoms with Gasteiger partial charge in [0.15, 0.2) is 0 Å². The van der Waals surface area contributed by atoms with Crippen molar-refractivity contribution >= 4 is 6.01 Å². The maximum atomic E-state index is 13.7. The zero-order chi connectivity index (χ0) is 25.8. The highest BCUT2D eigenvalue weighted by Crippen LogP contribution is 2.23. The van der Waals surface area contributed by atoms with E-state index in [0.29, 0.717) is 11.8 Å². The number of benzene rings is 2. The molecule has 37 heavy (non-hydrogen) atoms. The second-order valence-electron chi connectivity index (χ2n) is 8.88. The Labute approximate surface area is 211 Å². The molecule has 1 N–H and O–H groups in total. The third-order valence-corrected chi connectivity index (χ3v) is 6.23. The van der Waals surface area contributed by atoms with E-state index in [0.717, 1.165) is 56.3 Å². The minimum absolute atomic E-state index is 0.152. The third kappa shape index (κ3) is 5.89. The van der Waals surface area contributed by atoms with Crippen LogP contribution in [0.15, 0.2) is 63.9 Å². The first-order chi connectivity index (χ1) is 18.0. The van der Waals surface area contributed by atoms with Gasteiger partial charge in [-0.05, 0) is 36.2 Å². The van der Waals surface area contributed by atoms with Gasteiger partial charge in [-0.2, -0.15) is 10.1 Å². The Morgan fingerprint density at radius 2 is 1.73 bits per heavy atom. The Bertz CT molecular complexity index is 1410. The number of nitrogens with zero attached hydrogens (tertiary/aromatic N) is 6. The lowest BCUT2D eigenvalue weighted by Gasteiger charge is -2.33. The molecular formula is C26H26F2N6O3. The van der Waals surface area contributed by atoms with Gasteiger partial charge in [0.25, 0.3) is 5.56 Å². The van der Waals surface area contributed by atoms with Crippen LogP contribution in [0.3, 0.4) is 0 Å². The fraction of sp³-hybridized carbons (Fsp3) is 0.308. The van der Waals surface area contributed by atoms with Crippen molar-refractivity contribution in [2.75, 3.05) is 44.2 Å². The van der Waals surface area contributed by atoms with E-state index in [2.05, 4.69) is 20.1 Å². The molecule has 1 aliphatic heterocycles. The van der Waals surface area contributed by atoms with Crippen molar-refractivity contribution in [3.8, 4) is 22.6 Å². The van der Waals surface area contributed by atoms with Gasteiger partial charge in [-0.25, -0.2) is 13.5 Å². The van der Waals surface area contributed by atoms with Crippen LogP contribution in [0.5, 0.6) is 0 Å². The van der Waals surface area contributed by atoms with Gasteiger partial charge in [-0.1, -0.05) is 23.4 Å². The molecule has 4 aromatic rings. The van der Waals surface area contributed by atoms with Crippen LogP contribution in [0.1, 0.15) is 12.0 Å². The second kappa shape index (κ2) is 11.0. The summed E-state index contributed by atoms with van der Waals surface area (Å²) in [5.41, 5.74) is 1.69. The van der Waals surface area contributed by atoms with Crippen LogP contribution < -0.4 is 10.5 Å². The van der Waals surface area contributed by atoms with Crippen molar-refractivity contribution < 1.29 is 18.4 Å². The summed E-state index contributed by atoms with van der Waals surface area (Å²) in [6, 6.07) is 13.7. The van der Waals surface area contributed by atoms with Gasteiger partial charge in [0.05, 0.1) is 12.2 Å². The molecule has 0 atom stereocenters. The zero-order valence-corrected chi connectivity index (χ0v) is 20.1. The first-order valence-electron chi connectivity index (χ1n) is 12.0. The molecule has 11 heteroatoms. The van der Waals surface area contributed by atoms with Gasteiger partial charge in [-0.3, -0.25) is 9.69 Å². The number of hydrogen-bond acceptors (Lipinski definition) is 8. The normalized spacial score (nSPS) is 14.3. The van der Waals surface area contributed by atoms with Gasteiger partial charge in [-0.15, -0.1) is 0 Å². The number of piperazine rings is 1. The Morgan fingerprint density at radius 3 is 2.49 bits per heavy atom. The largest absolute Gasteiger partial charge is 0.396 e. The van der Waals surface area contributed by atoms with E-state index in [-0.39, 0.29) is 30.0 Å². The molecule has 0 spiro atoms. The zero-order valence-electron chi connectivity index (χ0n) is 20.1. The summed E-state index contributed by atoms with van der Waals surface area (Å²) >= 11 is 0. The fourth-order valence-corrected chi connectivity index (χ4v) is 4.32. The summed E-state index contributed by atoms with van der Waals surface area (Å²) in [5, 5.41) is 17.5. The Balaban J connectivity index is 1.31. The van der Waals surface area contributed by atoms with Crippen LogP contribution in [0.25, 0.3) is 22.6 Å². The van der Waals surface area contributed by atoms with E-state index in [1.165, 1.54) is 28.9 Å². The van der Waals surface area contributed by atoms with Crippen LogP contribution in [0.4, 0.5) is 14.8 Å². The Kier molecular flexibility index (Phi) is 7.33. The van der Waals surface area contributed by atoms with Gasteiger partial charge < -0.3 is 14.5 Å². The molecule has 1 fully saturated rings. The maximum absolute atomic E-state index is 13.7. The molecule has 2 aromatic heterocycles. The molecule has 1 aliphatic rings. The van der Waals surface area contributed by atoms with Crippen molar-refractivity contribution in [1.82, 2.24) is 24.8 Å². The highest BCUT2D eigenvalue weighted by atomic mass is 19.1. The fourth-order valence-electron chi connectivity index (χ4n) is 4.32. The summed E-state index contributed by atoms with van der Waals surface area (Å²) in [5.74, 6) is -1.00. The lowest BCUT2D eigenvalue weighted by Crippen LogP contribution is -2.46. The van der Waals surface area contributed by atoms with Gasteiger partial charge in [0, 0.05) is 62.6 Å². The topological polar surface area (TPSA) is 101 Å². The van der Waals surface area contributed by atoms with Crippen LogP contribution >= 0.6 is 0 Å². The lowest BCUT2D eigenvalue weighted by molar-refractivity contribution is 0.212. The average molecular weight is 509 g/mol. The lowest BCUT2D eigenvalue weighted by atomic mass is 10.1. The molecule has 0 aliphatic carbocycles. The molecule has 0 amide bonds. The average Bonchev–Trinajstić information content (AvgIpc) is 3.39. The summed E-state index contributed by atoms with van der Waals surface area (Å²) < 4.78 is 34.1. The second-order valence-corrected chi connectivity index (χ2v) is 8.88. The standard InChI is InChI=1S/C26H26F2N6O3/c27-21-14-20(15-22(28)16-21)23-5-6-24(36)34(30-23)17-18-3-1-4-19(13-18)25-29-26(37-31-25)33-10-8-32(9-11-33)7-2-12-35/h1,3-6,13-16,35H,2,7-12,17H2. The van der Waals surface area contributed by atoms with Gasteiger partial charge >= 0.3 is 6.01 Å². The molecule has 0 unspecified atom stereocenters. The molecule has 2 aromatic carbocycles. The van der Waals surface area contributed by atoms with E-state index < -0.39 is 11.6 Å². The molecule has 1 saturated heterocycles. The van der Waals surface area contributed by atoms with Crippen LogP contribution in [-0.4, -0.2) is 69.3 Å². The predicted molar refractivity (Wildman–Crippen MR) is 133 cm³/mol. The van der Waals surface area contributed by atoms with Crippen molar-refractivity contribution in [3.05, 3.63) is 82.1 Å². The highest BCUT2D eigenvalue weighted by Gasteiger charge is 2.21. The number of aliphatic hydroxyl groups excluding tert-OH is 1. The molecule has 0 radical (unpaired) electrons. The number of anilines is 1. The molecule has 192 valence electrons. The minimum atomic E-state index is -0.717. The van der Waals surface area contributed by atoms with Crippen molar-refractivity contribution in [2.24, 2.45) is 0 Å². The minimum Gasteiger partial charge on any atom is -0.396 e. The predicted octanol–water partition coefficient (Wildman–Crippen LogP) is 2.79. The van der Waals surface area contributed by atoms with E-state index in [1.807, 2.05) is 29.2 Å².